The van der Waals surface area contributed by atoms with Crippen LogP contribution in [0.15, 0.2) is 60.9 Å². The number of hydrogen-bond donors (Lipinski definition) is 1. The maximum Gasteiger partial charge on any atom is 0.321 e. The Morgan fingerprint density at radius 1 is 1.15 bits per heavy atom. The third-order valence-corrected chi connectivity index (χ3v) is 5.52. The van der Waals surface area contributed by atoms with Gasteiger partial charge in [-0.1, -0.05) is 24.3 Å². The zero-order chi connectivity index (χ0) is 18.4. The van der Waals surface area contributed by atoms with Crippen molar-refractivity contribution in [3.8, 4) is 11.4 Å². The Morgan fingerprint density at radius 2 is 2.00 bits per heavy atom. The predicted octanol–water partition coefficient (Wildman–Crippen LogP) is 3.61. The van der Waals surface area contributed by atoms with Crippen molar-refractivity contribution >= 4 is 11.7 Å². The smallest absolute Gasteiger partial charge is 0.321 e. The summed E-state index contributed by atoms with van der Waals surface area (Å²) in [5.41, 5.74) is 3.18. The van der Waals surface area contributed by atoms with Gasteiger partial charge in [-0.3, -0.25) is 0 Å². The van der Waals surface area contributed by atoms with E-state index in [0.717, 1.165) is 17.3 Å². The SMILES string of the molecule is COc1cccc(NC(=O)N2C[C@@H]3c4nccn4-c4ccccc4[C@@H]3C2)c1. The minimum Gasteiger partial charge on any atom is -0.497 e. The molecule has 2 aliphatic heterocycles. The standard InChI is InChI=1S/C21H20N4O2/c1-27-15-6-4-5-14(11-15)23-21(26)24-12-17-16-7-2-3-8-19(16)25-10-9-22-20(25)18(17)13-24/h2-11,17-18H,12-13H2,1H3,(H,23,26)/t17-,18-/m0/s1. The predicted molar refractivity (Wildman–Crippen MR) is 103 cm³/mol. The Kier molecular flexibility index (Phi) is 3.63. The fourth-order valence-corrected chi connectivity index (χ4v) is 4.26. The van der Waals surface area contributed by atoms with E-state index in [4.69, 9.17) is 4.74 Å². The highest BCUT2D eigenvalue weighted by molar-refractivity contribution is 5.90. The molecule has 0 saturated carbocycles. The van der Waals surface area contributed by atoms with Gasteiger partial charge in [-0.05, 0) is 23.8 Å². The first kappa shape index (κ1) is 15.9. The number of hydrogen-bond acceptors (Lipinski definition) is 3. The molecule has 5 rings (SSSR count). The number of amides is 2. The number of urea groups is 1. The molecule has 0 radical (unpaired) electrons. The number of fused-ring (bicyclic) bond motifs is 6. The maximum atomic E-state index is 12.9. The number of nitrogens with one attached hydrogen (secondary N) is 1. The molecule has 6 nitrogen and oxygen atoms in total. The van der Waals surface area contributed by atoms with E-state index in [-0.39, 0.29) is 17.9 Å². The first-order valence-corrected chi connectivity index (χ1v) is 9.07. The minimum absolute atomic E-state index is 0.0896. The van der Waals surface area contributed by atoms with E-state index in [2.05, 4.69) is 33.1 Å². The topological polar surface area (TPSA) is 59.4 Å². The van der Waals surface area contributed by atoms with Gasteiger partial charge in [0.15, 0.2) is 0 Å². The van der Waals surface area contributed by atoms with Gasteiger partial charge in [-0.25, -0.2) is 9.78 Å². The number of aromatic nitrogens is 2. The molecule has 3 heterocycles. The van der Waals surface area contributed by atoms with Crippen LogP contribution in [-0.4, -0.2) is 40.7 Å². The van der Waals surface area contributed by atoms with Crippen LogP contribution in [-0.2, 0) is 0 Å². The fourth-order valence-electron chi connectivity index (χ4n) is 4.26. The summed E-state index contributed by atoms with van der Waals surface area (Å²) in [4.78, 5) is 19.3. The van der Waals surface area contributed by atoms with Crippen LogP contribution in [0.25, 0.3) is 5.69 Å². The number of rotatable bonds is 2. The fraction of sp³-hybridized carbons (Fsp3) is 0.238. The first-order chi connectivity index (χ1) is 13.2. The Hall–Kier alpha value is -3.28. The molecule has 136 valence electrons. The Balaban J connectivity index is 1.42. The second-order valence-corrected chi connectivity index (χ2v) is 6.99. The molecule has 2 atom stereocenters. The third-order valence-electron chi connectivity index (χ3n) is 5.52. The molecule has 2 amide bonds. The summed E-state index contributed by atoms with van der Waals surface area (Å²) < 4.78 is 7.39. The van der Waals surface area contributed by atoms with Crippen LogP contribution in [0.1, 0.15) is 23.2 Å². The number of anilines is 1. The third kappa shape index (κ3) is 2.56. The van der Waals surface area contributed by atoms with E-state index >= 15 is 0 Å². The second-order valence-electron chi connectivity index (χ2n) is 6.99. The molecular formula is C21H20N4O2. The maximum absolute atomic E-state index is 12.9. The average molecular weight is 360 g/mol. The largest absolute Gasteiger partial charge is 0.497 e. The van der Waals surface area contributed by atoms with Gasteiger partial charge in [-0.2, -0.15) is 0 Å². The number of benzene rings is 2. The van der Waals surface area contributed by atoms with E-state index in [1.165, 1.54) is 11.3 Å². The summed E-state index contributed by atoms with van der Waals surface area (Å²) in [5, 5.41) is 2.99. The van der Waals surface area contributed by atoms with E-state index in [1.807, 2.05) is 47.6 Å². The normalized spacial score (nSPS) is 19.8. The van der Waals surface area contributed by atoms with Crippen LogP contribution in [0.4, 0.5) is 10.5 Å². The van der Waals surface area contributed by atoms with Crippen molar-refractivity contribution in [1.29, 1.82) is 0 Å². The summed E-state index contributed by atoms with van der Waals surface area (Å²) in [7, 11) is 1.62. The lowest BCUT2D eigenvalue weighted by Gasteiger charge is -2.28. The van der Waals surface area contributed by atoms with Crippen LogP contribution in [0.2, 0.25) is 0 Å². The van der Waals surface area contributed by atoms with Crippen LogP contribution >= 0.6 is 0 Å². The number of methoxy groups -OCH3 is 1. The summed E-state index contributed by atoms with van der Waals surface area (Å²) in [6.07, 6.45) is 3.84. The van der Waals surface area contributed by atoms with Gasteiger partial charge in [0.25, 0.3) is 0 Å². The molecule has 1 saturated heterocycles. The first-order valence-electron chi connectivity index (χ1n) is 9.07. The highest BCUT2D eigenvalue weighted by Crippen LogP contribution is 2.45. The number of para-hydroxylation sites is 1. The van der Waals surface area contributed by atoms with Gasteiger partial charge in [0.1, 0.15) is 11.6 Å². The van der Waals surface area contributed by atoms with Crippen molar-refractivity contribution in [3.05, 3.63) is 72.3 Å². The number of likely N-dealkylation sites (tertiary alicyclic amines) is 1. The zero-order valence-corrected chi connectivity index (χ0v) is 15.0. The molecule has 2 aliphatic rings. The van der Waals surface area contributed by atoms with Crippen LogP contribution < -0.4 is 10.1 Å². The summed E-state index contributed by atoms with van der Waals surface area (Å²) in [6, 6.07) is 15.7. The van der Waals surface area contributed by atoms with Crippen LogP contribution in [0, 0.1) is 0 Å². The van der Waals surface area contributed by atoms with Gasteiger partial charge in [-0.15, -0.1) is 0 Å². The lowest BCUT2D eigenvalue weighted by atomic mass is 9.84. The van der Waals surface area contributed by atoms with E-state index < -0.39 is 0 Å². The van der Waals surface area contributed by atoms with Gasteiger partial charge in [0.05, 0.1) is 12.8 Å². The Bertz CT molecular complexity index is 1010. The molecule has 1 aromatic heterocycles. The molecule has 6 heteroatoms. The van der Waals surface area contributed by atoms with Crippen molar-refractivity contribution in [3.63, 3.8) is 0 Å². The second kappa shape index (κ2) is 6.16. The molecule has 3 aromatic rings. The van der Waals surface area contributed by atoms with E-state index in [9.17, 15) is 4.79 Å². The lowest BCUT2D eigenvalue weighted by molar-refractivity contribution is 0.221. The van der Waals surface area contributed by atoms with E-state index in [0.29, 0.717) is 13.1 Å². The Labute approximate surface area is 157 Å². The lowest BCUT2D eigenvalue weighted by Crippen LogP contribution is -2.33. The van der Waals surface area contributed by atoms with Crippen molar-refractivity contribution in [2.45, 2.75) is 11.8 Å². The van der Waals surface area contributed by atoms with Gasteiger partial charge < -0.3 is 19.5 Å². The van der Waals surface area contributed by atoms with E-state index in [1.54, 1.807) is 7.11 Å². The molecule has 1 N–H and O–H groups in total. The van der Waals surface area contributed by atoms with Crippen LogP contribution in [0.5, 0.6) is 5.75 Å². The monoisotopic (exact) mass is 360 g/mol. The molecular weight excluding hydrogens is 340 g/mol. The summed E-state index contributed by atoms with van der Waals surface area (Å²) >= 11 is 0. The molecule has 2 aromatic carbocycles. The van der Waals surface area contributed by atoms with Crippen LogP contribution in [0.3, 0.4) is 0 Å². The van der Waals surface area contributed by atoms with Gasteiger partial charge >= 0.3 is 6.03 Å². The quantitative estimate of drug-likeness (QED) is 0.759. The number of imidazole rings is 1. The van der Waals surface area contributed by atoms with Crippen molar-refractivity contribution < 1.29 is 9.53 Å². The molecule has 0 unspecified atom stereocenters. The zero-order valence-electron chi connectivity index (χ0n) is 15.0. The Morgan fingerprint density at radius 3 is 2.89 bits per heavy atom. The highest BCUT2D eigenvalue weighted by Gasteiger charge is 2.43. The van der Waals surface area contributed by atoms with Crippen molar-refractivity contribution in [1.82, 2.24) is 14.5 Å². The molecule has 0 aliphatic carbocycles. The van der Waals surface area contributed by atoms with Gasteiger partial charge in [0, 0.05) is 49.1 Å². The summed E-state index contributed by atoms with van der Waals surface area (Å²) in [6.45, 7) is 1.34. The van der Waals surface area contributed by atoms with Crippen molar-refractivity contribution in [2.75, 3.05) is 25.5 Å². The van der Waals surface area contributed by atoms with Gasteiger partial charge in [0.2, 0.25) is 0 Å². The number of carbonyl (C=O) groups is 1. The number of nitrogens with zero attached hydrogens (tertiary/aromatic N) is 3. The number of carbonyl (C=O) groups excluding carboxylic acids is 1. The molecule has 0 spiro atoms. The highest BCUT2D eigenvalue weighted by atomic mass is 16.5. The van der Waals surface area contributed by atoms with Crippen molar-refractivity contribution in [2.24, 2.45) is 0 Å². The molecule has 0 bridgehead atoms. The average Bonchev–Trinajstić information content (AvgIpc) is 3.35. The summed E-state index contributed by atoms with van der Waals surface area (Å²) in [5.74, 6) is 2.24. The molecule has 1 fully saturated rings. The number of ether oxygens (including phenoxy) is 1. The minimum atomic E-state index is -0.0896. The molecule has 27 heavy (non-hydrogen) atoms.